The summed E-state index contributed by atoms with van der Waals surface area (Å²) in [4.78, 5) is 8.16. The number of nitrogens with zero attached hydrogens (tertiary/aromatic N) is 2. The molecule has 0 radical (unpaired) electrons. The van der Waals surface area contributed by atoms with Crippen LogP contribution in [0.5, 0.6) is 5.75 Å². The van der Waals surface area contributed by atoms with Crippen molar-refractivity contribution in [2.45, 2.75) is 19.1 Å². The normalized spacial score (nSPS) is 13.9. The molecule has 2 aromatic rings. The zero-order valence-corrected chi connectivity index (χ0v) is 10.7. The highest BCUT2D eigenvalue weighted by molar-refractivity contribution is 6.30. The molecular formula is C13H14ClN3O. The summed E-state index contributed by atoms with van der Waals surface area (Å²) in [5.74, 6) is 0.689. The highest BCUT2D eigenvalue weighted by atomic mass is 35.5. The van der Waals surface area contributed by atoms with Crippen molar-refractivity contribution >= 4 is 11.6 Å². The van der Waals surface area contributed by atoms with Crippen LogP contribution in [0.2, 0.25) is 5.02 Å². The van der Waals surface area contributed by atoms with Gasteiger partial charge in [-0.15, -0.1) is 0 Å². The number of ether oxygens (including phenoxy) is 1. The molecular weight excluding hydrogens is 250 g/mol. The summed E-state index contributed by atoms with van der Waals surface area (Å²) in [6.07, 6.45) is 4.64. The number of halogens is 1. The molecule has 1 aromatic carbocycles. The van der Waals surface area contributed by atoms with Crippen molar-refractivity contribution in [1.82, 2.24) is 9.97 Å². The summed E-state index contributed by atoms with van der Waals surface area (Å²) >= 11 is 5.89. The summed E-state index contributed by atoms with van der Waals surface area (Å²) < 4.78 is 5.73. The maximum absolute atomic E-state index is 6.06. The Morgan fingerprint density at radius 2 is 2.17 bits per heavy atom. The van der Waals surface area contributed by atoms with E-state index < -0.39 is 0 Å². The van der Waals surface area contributed by atoms with Crippen LogP contribution in [0.4, 0.5) is 0 Å². The monoisotopic (exact) mass is 263 g/mol. The molecule has 0 aliphatic heterocycles. The van der Waals surface area contributed by atoms with E-state index in [1.165, 1.54) is 0 Å². The van der Waals surface area contributed by atoms with Gasteiger partial charge in [-0.2, -0.15) is 0 Å². The predicted octanol–water partition coefficient (Wildman–Crippen LogP) is 2.60. The van der Waals surface area contributed by atoms with E-state index in [1.54, 1.807) is 30.7 Å². The molecule has 4 nitrogen and oxygen atoms in total. The molecule has 2 rings (SSSR count). The minimum atomic E-state index is -0.335. The smallest absolute Gasteiger partial charge is 0.121 e. The zero-order chi connectivity index (χ0) is 13.0. The molecule has 1 heterocycles. The predicted molar refractivity (Wildman–Crippen MR) is 70.5 cm³/mol. The van der Waals surface area contributed by atoms with Crippen molar-refractivity contribution < 1.29 is 4.74 Å². The van der Waals surface area contributed by atoms with Gasteiger partial charge in [-0.1, -0.05) is 17.7 Å². The lowest BCUT2D eigenvalue weighted by Crippen LogP contribution is -2.29. The summed E-state index contributed by atoms with van der Waals surface area (Å²) in [5, 5.41) is 0.632. The molecule has 0 saturated carbocycles. The Hall–Kier alpha value is -1.65. The Morgan fingerprint density at radius 3 is 2.83 bits per heavy atom. The SMILES string of the molecule is CC(Oc1cccc(Cl)c1)C(N)c1cnccn1. The third-order valence-electron chi connectivity index (χ3n) is 2.55. The largest absolute Gasteiger partial charge is 0.489 e. The average Bonchev–Trinajstić information content (AvgIpc) is 2.39. The molecule has 5 heteroatoms. The van der Waals surface area contributed by atoms with E-state index in [0.717, 1.165) is 0 Å². The van der Waals surface area contributed by atoms with E-state index in [-0.39, 0.29) is 12.1 Å². The Labute approximate surface area is 111 Å². The van der Waals surface area contributed by atoms with Gasteiger partial charge < -0.3 is 10.5 Å². The van der Waals surface area contributed by atoms with Crippen LogP contribution >= 0.6 is 11.6 Å². The van der Waals surface area contributed by atoms with Gasteiger partial charge in [0.25, 0.3) is 0 Å². The summed E-state index contributed by atoms with van der Waals surface area (Å²) in [7, 11) is 0. The van der Waals surface area contributed by atoms with Crippen molar-refractivity contribution in [3.63, 3.8) is 0 Å². The third kappa shape index (κ3) is 3.18. The highest BCUT2D eigenvalue weighted by Gasteiger charge is 2.17. The van der Waals surface area contributed by atoms with Crippen LogP contribution in [0.1, 0.15) is 18.7 Å². The molecule has 0 fully saturated rings. The lowest BCUT2D eigenvalue weighted by atomic mass is 10.1. The fourth-order valence-electron chi connectivity index (χ4n) is 1.55. The van der Waals surface area contributed by atoms with E-state index in [9.17, 15) is 0 Å². The second-order valence-electron chi connectivity index (χ2n) is 3.94. The van der Waals surface area contributed by atoms with Crippen molar-refractivity contribution in [1.29, 1.82) is 0 Å². The van der Waals surface area contributed by atoms with E-state index in [0.29, 0.717) is 16.5 Å². The van der Waals surface area contributed by atoms with Crippen molar-refractivity contribution in [2.75, 3.05) is 0 Å². The van der Waals surface area contributed by atoms with Gasteiger partial charge in [0.15, 0.2) is 0 Å². The van der Waals surface area contributed by atoms with Crippen molar-refractivity contribution in [2.24, 2.45) is 5.73 Å². The second kappa shape index (κ2) is 5.80. The number of hydrogen-bond donors (Lipinski definition) is 1. The Bertz CT molecular complexity index is 507. The molecule has 2 unspecified atom stereocenters. The fourth-order valence-corrected chi connectivity index (χ4v) is 1.73. The molecule has 94 valence electrons. The number of hydrogen-bond acceptors (Lipinski definition) is 4. The van der Waals surface area contributed by atoms with Gasteiger partial charge in [-0.05, 0) is 25.1 Å². The van der Waals surface area contributed by atoms with Gasteiger partial charge in [0.1, 0.15) is 11.9 Å². The fraction of sp³-hybridized carbons (Fsp3) is 0.231. The molecule has 2 N–H and O–H groups in total. The maximum Gasteiger partial charge on any atom is 0.121 e. The first kappa shape index (κ1) is 12.8. The minimum absolute atomic E-state index is 0.222. The van der Waals surface area contributed by atoms with E-state index in [1.807, 2.05) is 19.1 Å². The molecule has 0 aliphatic carbocycles. The minimum Gasteiger partial charge on any atom is -0.489 e. The first-order chi connectivity index (χ1) is 8.66. The highest BCUT2D eigenvalue weighted by Crippen LogP contribution is 2.21. The van der Waals surface area contributed by atoms with Crippen LogP contribution in [0.25, 0.3) is 0 Å². The molecule has 0 bridgehead atoms. The molecule has 0 spiro atoms. The summed E-state index contributed by atoms with van der Waals surface area (Å²) in [6.45, 7) is 1.89. The third-order valence-corrected chi connectivity index (χ3v) is 2.78. The average molecular weight is 264 g/mol. The van der Waals surface area contributed by atoms with Gasteiger partial charge in [0.05, 0.1) is 17.9 Å². The van der Waals surface area contributed by atoms with Crippen LogP contribution in [-0.2, 0) is 0 Å². The lowest BCUT2D eigenvalue weighted by Gasteiger charge is -2.20. The molecule has 18 heavy (non-hydrogen) atoms. The van der Waals surface area contributed by atoms with Gasteiger partial charge in [0.2, 0.25) is 0 Å². The summed E-state index contributed by atoms with van der Waals surface area (Å²) in [5.41, 5.74) is 6.76. The maximum atomic E-state index is 6.06. The van der Waals surface area contributed by atoms with Gasteiger partial charge in [-0.25, -0.2) is 0 Å². The standard InChI is InChI=1S/C13H14ClN3O/c1-9(13(15)12-8-16-5-6-17-12)18-11-4-2-3-10(14)7-11/h2-9,13H,15H2,1H3. The number of nitrogens with two attached hydrogens (primary N) is 1. The zero-order valence-electron chi connectivity index (χ0n) is 9.95. The lowest BCUT2D eigenvalue weighted by molar-refractivity contribution is 0.188. The summed E-state index contributed by atoms with van der Waals surface area (Å²) in [6, 6.07) is 6.88. The second-order valence-corrected chi connectivity index (χ2v) is 4.37. The van der Waals surface area contributed by atoms with Gasteiger partial charge >= 0.3 is 0 Å². The number of benzene rings is 1. The Morgan fingerprint density at radius 1 is 1.33 bits per heavy atom. The number of aromatic nitrogens is 2. The topological polar surface area (TPSA) is 61.0 Å². The first-order valence-corrected chi connectivity index (χ1v) is 5.98. The van der Waals surface area contributed by atoms with Crippen LogP contribution in [-0.4, -0.2) is 16.1 Å². The van der Waals surface area contributed by atoms with E-state index >= 15 is 0 Å². The molecule has 0 saturated heterocycles. The molecule has 2 atom stereocenters. The van der Waals surface area contributed by atoms with Crippen LogP contribution < -0.4 is 10.5 Å². The quantitative estimate of drug-likeness (QED) is 0.921. The Kier molecular flexibility index (Phi) is 4.12. The van der Waals surface area contributed by atoms with Crippen LogP contribution in [0.15, 0.2) is 42.9 Å². The van der Waals surface area contributed by atoms with E-state index in [2.05, 4.69) is 9.97 Å². The van der Waals surface area contributed by atoms with Gasteiger partial charge in [-0.3, -0.25) is 9.97 Å². The molecule has 1 aromatic heterocycles. The van der Waals surface area contributed by atoms with Gasteiger partial charge in [0, 0.05) is 17.4 Å². The van der Waals surface area contributed by atoms with E-state index in [4.69, 9.17) is 22.1 Å². The molecule has 0 aliphatic rings. The van der Waals surface area contributed by atoms with Crippen molar-refractivity contribution in [3.8, 4) is 5.75 Å². The van der Waals surface area contributed by atoms with Crippen LogP contribution in [0, 0.1) is 0 Å². The van der Waals surface area contributed by atoms with Crippen LogP contribution in [0.3, 0.4) is 0 Å². The number of rotatable bonds is 4. The van der Waals surface area contributed by atoms with Crippen molar-refractivity contribution in [3.05, 3.63) is 53.6 Å². The molecule has 0 amide bonds. The Balaban J connectivity index is 2.06. The first-order valence-electron chi connectivity index (χ1n) is 5.60.